The lowest BCUT2D eigenvalue weighted by molar-refractivity contribution is 0.168. The van der Waals surface area contributed by atoms with Crippen molar-refractivity contribution in [2.75, 3.05) is 11.9 Å². The van der Waals surface area contributed by atoms with Gasteiger partial charge in [-0.1, -0.05) is 0 Å². The van der Waals surface area contributed by atoms with E-state index < -0.39 is 6.10 Å². The van der Waals surface area contributed by atoms with Crippen molar-refractivity contribution in [3.8, 4) is 0 Å². The molecule has 0 fully saturated rings. The molecule has 5 heteroatoms. The van der Waals surface area contributed by atoms with E-state index in [1.54, 1.807) is 19.3 Å². The second kappa shape index (κ2) is 5.29. The number of pyridine rings is 1. The number of hydrogen-bond donors (Lipinski definition) is 3. The van der Waals surface area contributed by atoms with Gasteiger partial charge in [-0.25, -0.2) is 0 Å². The van der Waals surface area contributed by atoms with E-state index in [-0.39, 0.29) is 6.04 Å². The first-order chi connectivity index (χ1) is 6.59. The van der Waals surface area contributed by atoms with Gasteiger partial charge in [-0.3, -0.25) is 4.98 Å². The molecule has 1 rings (SSSR count). The zero-order valence-corrected chi connectivity index (χ0v) is 9.53. The molecule has 1 aromatic heterocycles. The third kappa shape index (κ3) is 3.61. The van der Waals surface area contributed by atoms with Gasteiger partial charge in [0.1, 0.15) is 0 Å². The quantitative estimate of drug-likeness (QED) is 0.754. The number of anilines is 1. The molecule has 2 atom stereocenters. The third-order valence-electron chi connectivity index (χ3n) is 1.87. The minimum Gasteiger partial charge on any atom is -0.392 e. The van der Waals surface area contributed by atoms with Crippen LogP contribution in [0.5, 0.6) is 0 Å². The monoisotopic (exact) mass is 259 g/mol. The first-order valence-electron chi connectivity index (χ1n) is 4.37. The average Bonchev–Trinajstić information content (AvgIpc) is 2.14. The van der Waals surface area contributed by atoms with E-state index >= 15 is 0 Å². The van der Waals surface area contributed by atoms with Gasteiger partial charge >= 0.3 is 0 Å². The summed E-state index contributed by atoms with van der Waals surface area (Å²) in [4.78, 5) is 3.99. The highest BCUT2D eigenvalue weighted by Gasteiger charge is 2.08. The summed E-state index contributed by atoms with van der Waals surface area (Å²) in [5.41, 5.74) is 6.54. The molecule has 0 aliphatic rings. The Morgan fingerprint density at radius 3 is 2.93 bits per heavy atom. The molecule has 0 radical (unpaired) electrons. The Hall–Kier alpha value is -0.650. The number of hydrogen-bond acceptors (Lipinski definition) is 4. The Bertz CT molecular complexity index is 293. The fraction of sp³-hybridized carbons (Fsp3) is 0.444. The lowest BCUT2D eigenvalue weighted by Gasteiger charge is -2.15. The number of nitrogens with zero attached hydrogens (tertiary/aromatic N) is 1. The van der Waals surface area contributed by atoms with Crippen LogP contribution in [-0.2, 0) is 0 Å². The van der Waals surface area contributed by atoms with Crippen LogP contribution in [0.3, 0.4) is 0 Å². The summed E-state index contributed by atoms with van der Waals surface area (Å²) >= 11 is 3.31. The van der Waals surface area contributed by atoms with Gasteiger partial charge < -0.3 is 16.2 Å². The number of aliphatic hydroxyl groups is 1. The molecule has 0 aromatic carbocycles. The second-order valence-corrected chi connectivity index (χ2v) is 4.09. The Morgan fingerprint density at radius 2 is 2.36 bits per heavy atom. The largest absolute Gasteiger partial charge is 0.392 e. The summed E-state index contributed by atoms with van der Waals surface area (Å²) in [5.74, 6) is 0. The summed E-state index contributed by atoms with van der Waals surface area (Å²) < 4.78 is 0.910. The molecule has 4 N–H and O–H groups in total. The van der Waals surface area contributed by atoms with Crippen LogP contribution in [0.4, 0.5) is 5.69 Å². The smallest absolute Gasteiger partial charge is 0.0680 e. The van der Waals surface area contributed by atoms with Gasteiger partial charge in [-0.15, -0.1) is 0 Å². The number of aromatic nitrogens is 1. The number of nitrogens with one attached hydrogen (secondary N) is 1. The maximum absolute atomic E-state index is 9.16. The Balaban J connectivity index is 2.45. The molecule has 0 amide bonds. The van der Waals surface area contributed by atoms with Gasteiger partial charge in [-0.05, 0) is 28.9 Å². The molecule has 4 nitrogen and oxygen atoms in total. The maximum atomic E-state index is 9.16. The predicted molar refractivity (Wildman–Crippen MR) is 60.1 cm³/mol. The maximum Gasteiger partial charge on any atom is 0.0680 e. The number of rotatable bonds is 4. The van der Waals surface area contributed by atoms with Crippen molar-refractivity contribution in [2.45, 2.75) is 19.1 Å². The Labute approximate surface area is 91.7 Å². The highest BCUT2D eigenvalue weighted by molar-refractivity contribution is 9.10. The number of halogens is 1. The minimum atomic E-state index is -0.511. The predicted octanol–water partition coefficient (Wildman–Crippen LogP) is 0.964. The van der Waals surface area contributed by atoms with E-state index in [1.807, 2.05) is 6.07 Å². The summed E-state index contributed by atoms with van der Waals surface area (Å²) in [6, 6.07) is 1.64. The van der Waals surface area contributed by atoms with Gasteiger partial charge in [0.05, 0.1) is 18.0 Å². The molecule has 14 heavy (non-hydrogen) atoms. The van der Waals surface area contributed by atoms with Crippen LogP contribution in [0.2, 0.25) is 0 Å². The fourth-order valence-corrected chi connectivity index (χ4v) is 1.28. The van der Waals surface area contributed by atoms with Gasteiger partial charge in [0.15, 0.2) is 0 Å². The first kappa shape index (κ1) is 11.4. The molecule has 78 valence electrons. The van der Waals surface area contributed by atoms with Crippen LogP contribution in [0, 0.1) is 0 Å². The van der Waals surface area contributed by atoms with Crippen LogP contribution < -0.4 is 11.1 Å². The number of nitrogens with two attached hydrogens (primary N) is 1. The van der Waals surface area contributed by atoms with Crippen molar-refractivity contribution in [2.24, 2.45) is 5.73 Å². The molecular formula is C9H14BrN3O. The zero-order valence-electron chi connectivity index (χ0n) is 7.94. The molecule has 0 aliphatic carbocycles. The molecule has 2 unspecified atom stereocenters. The van der Waals surface area contributed by atoms with Gasteiger partial charge in [0.25, 0.3) is 0 Å². The highest BCUT2D eigenvalue weighted by atomic mass is 79.9. The summed E-state index contributed by atoms with van der Waals surface area (Å²) in [6.07, 6.45) is 2.90. The molecule has 1 aromatic rings. The zero-order chi connectivity index (χ0) is 10.6. The third-order valence-corrected chi connectivity index (χ3v) is 2.30. The normalized spacial score (nSPS) is 14.9. The molecular weight excluding hydrogens is 246 g/mol. The van der Waals surface area contributed by atoms with E-state index in [4.69, 9.17) is 10.8 Å². The van der Waals surface area contributed by atoms with Crippen molar-refractivity contribution >= 4 is 21.6 Å². The van der Waals surface area contributed by atoms with Crippen molar-refractivity contribution in [1.82, 2.24) is 4.98 Å². The fourth-order valence-electron chi connectivity index (χ4n) is 0.915. The summed E-state index contributed by atoms with van der Waals surface area (Å²) in [6.45, 7) is 2.20. The van der Waals surface area contributed by atoms with E-state index in [9.17, 15) is 0 Å². The van der Waals surface area contributed by atoms with E-state index in [0.717, 1.165) is 10.2 Å². The molecule has 0 aliphatic heterocycles. The van der Waals surface area contributed by atoms with Gasteiger partial charge in [0.2, 0.25) is 0 Å². The summed E-state index contributed by atoms with van der Waals surface area (Å²) in [7, 11) is 0. The Kier molecular flexibility index (Phi) is 4.31. The highest BCUT2D eigenvalue weighted by Crippen LogP contribution is 2.13. The lowest BCUT2D eigenvalue weighted by atomic mass is 10.2. The molecule has 0 bridgehead atoms. The van der Waals surface area contributed by atoms with E-state index in [0.29, 0.717) is 6.54 Å². The second-order valence-electron chi connectivity index (χ2n) is 3.18. The van der Waals surface area contributed by atoms with Crippen molar-refractivity contribution in [3.05, 3.63) is 22.9 Å². The molecule has 0 saturated carbocycles. The average molecular weight is 260 g/mol. The van der Waals surface area contributed by atoms with Crippen LogP contribution in [0.15, 0.2) is 22.9 Å². The first-order valence-corrected chi connectivity index (χ1v) is 5.17. The molecule has 1 heterocycles. The van der Waals surface area contributed by atoms with Crippen LogP contribution in [0.25, 0.3) is 0 Å². The minimum absolute atomic E-state index is 0.269. The molecule has 0 spiro atoms. The standard InChI is InChI=1S/C9H14BrN3O/c1-6(14)9(11)5-13-8-2-7(10)3-12-4-8/h2-4,6,9,13-14H,5,11H2,1H3. The summed E-state index contributed by atoms with van der Waals surface area (Å²) in [5, 5.41) is 12.3. The van der Waals surface area contributed by atoms with Crippen molar-refractivity contribution in [1.29, 1.82) is 0 Å². The van der Waals surface area contributed by atoms with Crippen molar-refractivity contribution in [3.63, 3.8) is 0 Å². The molecule has 0 saturated heterocycles. The topological polar surface area (TPSA) is 71.2 Å². The van der Waals surface area contributed by atoms with Gasteiger partial charge in [0, 0.05) is 23.3 Å². The lowest BCUT2D eigenvalue weighted by Crippen LogP contribution is -2.38. The SMILES string of the molecule is CC(O)C(N)CNc1cncc(Br)c1. The van der Waals surface area contributed by atoms with Crippen LogP contribution in [-0.4, -0.2) is 28.8 Å². The van der Waals surface area contributed by atoms with Gasteiger partial charge in [-0.2, -0.15) is 0 Å². The van der Waals surface area contributed by atoms with Crippen LogP contribution in [0.1, 0.15) is 6.92 Å². The van der Waals surface area contributed by atoms with E-state index in [2.05, 4.69) is 26.2 Å². The van der Waals surface area contributed by atoms with Crippen LogP contribution >= 0.6 is 15.9 Å². The Morgan fingerprint density at radius 1 is 1.64 bits per heavy atom. The van der Waals surface area contributed by atoms with E-state index in [1.165, 1.54) is 0 Å². The number of aliphatic hydroxyl groups excluding tert-OH is 1. The van der Waals surface area contributed by atoms with Crippen molar-refractivity contribution < 1.29 is 5.11 Å².